The molecule has 0 saturated carbocycles. The van der Waals surface area contributed by atoms with Crippen molar-refractivity contribution in [3.63, 3.8) is 0 Å². The number of nitrogens with one attached hydrogen (secondary N) is 1. The van der Waals surface area contributed by atoms with Crippen molar-refractivity contribution in [3.05, 3.63) is 33.1 Å². The third-order valence-electron chi connectivity index (χ3n) is 2.64. The van der Waals surface area contributed by atoms with E-state index in [1.165, 1.54) is 0 Å². The van der Waals surface area contributed by atoms with Crippen LogP contribution in [0.1, 0.15) is 6.23 Å². The Balaban J connectivity index is 0.00000162. The Hall–Kier alpha value is -0.480. The molecule has 1 aromatic rings. The summed E-state index contributed by atoms with van der Waals surface area (Å²) in [4.78, 5) is 24.3. The predicted octanol–water partition coefficient (Wildman–Crippen LogP) is -3.50. The molecule has 2 rings (SSSR count). The van der Waals surface area contributed by atoms with Gasteiger partial charge in [0.2, 0.25) is 0 Å². The molecule has 1 aromatic heterocycles. The van der Waals surface area contributed by atoms with Gasteiger partial charge in [-0.1, -0.05) is 0 Å². The van der Waals surface area contributed by atoms with E-state index >= 15 is 0 Å². The number of aromatic nitrogens is 2. The molecule has 96 valence electrons. The minimum atomic E-state index is -1.35. The second-order valence-corrected chi connectivity index (χ2v) is 3.75. The monoisotopic (exact) mass is 268 g/mol. The number of aliphatic hydroxyl groups excluding tert-OH is 3. The molecule has 0 unspecified atom stereocenters. The molecule has 9 heteroatoms. The molecule has 0 bridgehead atoms. The molecule has 1 aliphatic rings. The Labute approximate surface area is 123 Å². The third-order valence-corrected chi connectivity index (χ3v) is 2.64. The van der Waals surface area contributed by atoms with E-state index in [0.717, 1.165) is 16.8 Å². The molecule has 4 N–H and O–H groups in total. The van der Waals surface area contributed by atoms with E-state index in [2.05, 4.69) is 0 Å². The van der Waals surface area contributed by atoms with Crippen LogP contribution in [-0.2, 0) is 4.74 Å². The van der Waals surface area contributed by atoms with Crippen molar-refractivity contribution < 1.29 is 20.1 Å². The number of aromatic amines is 1. The van der Waals surface area contributed by atoms with Crippen LogP contribution in [0.2, 0.25) is 0 Å². The van der Waals surface area contributed by atoms with Crippen LogP contribution >= 0.6 is 0 Å². The Kier molecular flexibility index (Phi) is 5.29. The Bertz CT molecular complexity index is 514. The van der Waals surface area contributed by atoms with E-state index in [1.54, 1.807) is 0 Å². The van der Waals surface area contributed by atoms with Crippen LogP contribution in [0.5, 0.6) is 0 Å². The SMILES string of the molecule is O=c1ccn([C@@H]2O[C@H](CO)[C@@H](O)[C@H]2O)c(=O)[nH]1.[NaH]. The normalized spacial score (nSPS) is 31.1. The minimum absolute atomic E-state index is 0. The summed E-state index contributed by atoms with van der Waals surface area (Å²) in [6.07, 6.45) is -3.58. The first-order valence-electron chi connectivity index (χ1n) is 4.98. The van der Waals surface area contributed by atoms with Gasteiger partial charge in [0.25, 0.3) is 5.56 Å². The Morgan fingerprint density at radius 1 is 1.33 bits per heavy atom. The maximum absolute atomic E-state index is 11.4. The van der Waals surface area contributed by atoms with Crippen molar-refractivity contribution in [2.24, 2.45) is 0 Å². The predicted molar refractivity (Wildman–Crippen MR) is 61.5 cm³/mol. The fourth-order valence-corrected chi connectivity index (χ4v) is 1.74. The zero-order chi connectivity index (χ0) is 12.6. The average Bonchev–Trinajstić information content (AvgIpc) is 2.57. The van der Waals surface area contributed by atoms with Gasteiger partial charge in [0.05, 0.1) is 6.61 Å². The van der Waals surface area contributed by atoms with E-state index in [4.69, 9.17) is 9.84 Å². The number of H-pyrrole nitrogens is 1. The number of hydrogen-bond acceptors (Lipinski definition) is 6. The summed E-state index contributed by atoms with van der Waals surface area (Å²) >= 11 is 0. The Morgan fingerprint density at radius 2 is 2.00 bits per heavy atom. The summed E-state index contributed by atoms with van der Waals surface area (Å²) in [7, 11) is 0. The van der Waals surface area contributed by atoms with Gasteiger partial charge in [-0.25, -0.2) is 4.79 Å². The molecular weight excluding hydrogens is 255 g/mol. The molecule has 1 fully saturated rings. The molecule has 1 saturated heterocycles. The van der Waals surface area contributed by atoms with Crippen molar-refractivity contribution >= 4 is 29.6 Å². The summed E-state index contributed by atoms with van der Waals surface area (Å²) in [5, 5.41) is 28.1. The molecule has 0 aromatic carbocycles. The van der Waals surface area contributed by atoms with Crippen molar-refractivity contribution in [2.75, 3.05) is 6.61 Å². The number of nitrogens with zero attached hydrogens (tertiary/aromatic N) is 1. The Morgan fingerprint density at radius 3 is 2.50 bits per heavy atom. The molecule has 4 atom stereocenters. The van der Waals surface area contributed by atoms with Gasteiger partial charge in [0, 0.05) is 12.3 Å². The summed E-state index contributed by atoms with van der Waals surface area (Å²) in [5.74, 6) is 0. The molecule has 0 aliphatic carbocycles. The van der Waals surface area contributed by atoms with E-state index < -0.39 is 42.4 Å². The van der Waals surface area contributed by atoms with Gasteiger partial charge < -0.3 is 20.1 Å². The summed E-state index contributed by atoms with van der Waals surface area (Å²) in [5.41, 5.74) is -1.33. The number of ether oxygens (including phenoxy) is 1. The maximum atomic E-state index is 11.4. The van der Waals surface area contributed by atoms with Crippen molar-refractivity contribution in [3.8, 4) is 0 Å². The van der Waals surface area contributed by atoms with Crippen LogP contribution in [0.15, 0.2) is 21.9 Å². The van der Waals surface area contributed by atoms with Crippen LogP contribution in [0, 0.1) is 0 Å². The van der Waals surface area contributed by atoms with E-state index in [9.17, 15) is 19.8 Å². The first kappa shape index (κ1) is 15.6. The van der Waals surface area contributed by atoms with E-state index in [-0.39, 0.29) is 29.6 Å². The molecule has 0 amide bonds. The first-order valence-corrected chi connectivity index (χ1v) is 4.98. The first-order chi connectivity index (χ1) is 8.04. The summed E-state index contributed by atoms with van der Waals surface area (Å²) < 4.78 is 6.08. The zero-order valence-corrected chi connectivity index (χ0v) is 8.68. The van der Waals surface area contributed by atoms with Gasteiger partial charge in [-0.05, 0) is 0 Å². The van der Waals surface area contributed by atoms with Crippen molar-refractivity contribution in [2.45, 2.75) is 24.5 Å². The fourth-order valence-electron chi connectivity index (χ4n) is 1.74. The van der Waals surface area contributed by atoms with Crippen LogP contribution in [0.3, 0.4) is 0 Å². The van der Waals surface area contributed by atoms with Crippen LogP contribution in [0.25, 0.3) is 0 Å². The van der Waals surface area contributed by atoms with Crippen LogP contribution in [-0.4, -0.2) is 79.3 Å². The molecule has 1 aliphatic heterocycles. The van der Waals surface area contributed by atoms with Crippen LogP contribution in [0.4, 0.5) is 0 Å². The second kappa shape index (κ2) is 6.11. The molecule has 0 radical (unpaired) electrons. The van der Waals surface area contributed by atoms with Gasteiger partial charge in [-0.2, -0.15) is 0 Å². The van der Waals surface area contributed by atoms with Gasteiger partial charge in [-0.15, -0.1) is 0 Å². The summed E-state index contributed by atoms with van der Waals surface area (Å²) in [6.45, 7) is -0.479. The average molecular weight is 268 g/mol. The number of rotatable bonds is 2. The quantitative estimate of drug-likeness (QED) is 0.412. The molecular formula is C9H13N2NaO6. The van der Waals surface area contributed by atoms with Gasteiger partial charge >= 0.3 is 35.2 Å². The van der Waals surface area contributed by atoms with Gasteiger partial charge in [-0.3, -0.25) is 14.3 Å². The fraction of sp³-hybridized carbons (Fsp3) is 0.556. The zero-order valence-electron chi connectivity index (χ0n) is 8.68. The van der Waals surface area contributed by atoms with Crippen LogP contribution < -0.4 is 11.2 Å². The molecule has 0 spiro atoms. The summed E-state index contributed by atoms with van der Waals surface area (Å²) in [6, 6.07) is 1.09. The second-order valence-electron chi connectivity index (χ2n) is 3.75. The van der Waals surface area contributed by atoms with Crippen molar-refractivity contribution in [1.82, 2.24) is 9.55 Å². The van der Waals surface area contributed by atoms with E-state index in [1.807, 2.05) is 4.98 Å². The van der Waals surface area contributed by atoms with Gasteiger partial charge in [0.1, 0.15) is 18.3 Å². The third kappa shape index (κ3) is 2.75. The molecule has 18 heavy (non-hydrogen) atoms. The van der Waals surface area contributed by atoms with E-state index in [0.29, 0.717) is 0 Å². The number of aliphatic hydroxyl groups is 3. The number of hydrogen-bond donors (Lipinski definition) is 4. The molecule has 2 heterocycles. The standard InChI is InChI=1S/C9H12N2O6.Na.H/c12-3-4-6(14)7(15)8(17-4)11-2-1-5(13)10-9(11)16;;/h1-2,4,6-8,12,14-15H,3H2,(H,10,13,16);;/t4-,6-,7-,8-;;/m1../s1. The topological polar surface area (TPSA) is 125 Å². The van der Waals surface area contributed by atoms with Crippen molar-refractivity contribution in [1.29, 1.82) is 0 Å². The van der Waals surface area contributed by atoms with Gasteiger partial charge in [0.15, 0.2) is 6.23 Å². The molecule has 8 nitrogen and oxygen atoms in total.